The predicted octanol–water partition coefficient (Wildman–Crippen LogP) is 4.68. The van der Waals surface area contributed by atoms with Crippen LogP contribution in [0.2, 0.25) is 10.0 Å². The van der Waals surface area contributed by atoms with Crippen molar-refractivity contribution in [1.29, 1.82) is 0 Å². The smallest absolute Gasteiger partial charge is 0.350 e. The third kappa shape index (κ3) is 4.57. The highest BCUT2D eigenvalue weighted by Gasteiger charge is 2.22. The molecule has 8 heteroatoms. The minimum Gasteiger partial charge on any atom is -0.495 e. The van der Waals surface area contributed by atoms with Crippen molar-refractivity contribution < 1.29 is 19.1 Å². The number of ether oxygens (including phenoxy) is 2. The number of carbonyl (C=O) groups excluding carboxylic acids is 2. The van der Waals surface area contributed by atoms with E-state index in [1.165, 1.54) is 7.11 Å². The molecule has 0 fully saturated rings. The zero-order chi connectivity index (χ0) is 18.6. The van der Waals surface area contributed by atoms with Crippen LogP contribution in [0, 0.1) is 0 Å². The molecule has 0 bridgehead atoms. The molecule has 5 nitrogen and oxygen atoms in total. The van der Waals surface area contributed by atoms with E-state index in [1.807, 2.05) is 13.8 Å². The van der Waals surface area contributed by atoms with E-state index in [4.69, 9.17) is 32.7 Å². The molecule has 136 valence electrons. The zero-order valence-corrected chi connectivity index (χ0v) is 16.5. The minimum absolute atomic E-state index is 0.0374. The Morgan fingerprint density at radius 1 is 1.28 bits per heavy atom. The van der Waals surface area contributed by atoms with Gasteiger partial charge in [0.25, 0.3) is 5.91 Å². The van der Waals surface area contributed by atoms with Crippen LogP contribution in [-0.4, -0.2) is 31.6 Å². The van der Waals surface area contributed by atoms with Gasteiger partial charge < -0.3 is 14.8 Å². The number of halogens is 2. The minimum atomic E-state index is -0.653. The SMILES string of the molecule is CCC[C@@H](C)NC(=O)COC(=O)c1sc2c(Cl)c(OC)ccc2c1Cl. The van der Waals surface area contributed by atoms with E-state index in [0.29, 0.717) is 20.9 Å². The van der Waals surface area contributed by atoms with Crippen LogP contribution in [0.3, 0.4) is 0 Å². The monoisotopic (exact) mass is 403 g/mol. The summed E-state index contributed by atoms with van der Waals surface area (Å²) >= 11 is 13.6. The molecule has 1 atom stereocenters. The average Bonchev–Trinajstić information content (AvgIpc) is 2.91. The summed E-state index contributed by atoms with van der Waals surface area (Å²) in [4.78, 5) is 24.3. The number of methoxy groups -OCH3 is 1. The molecule has 0 unspecified atom stereocenters. The van der Waals surface area contributed by atoms with Gasteiger partial charge in [-0.1, -0.05) is 36.5 Å². The van der Waals surface area contributed by atoms with Crippen molar-refractivity contribution in [1.82, 2.24) is 5.32 Å². The third-order valence-corrected chi connectivity index (χ3v) is 5.77. The Kier molecular flexibility index (Phi) is 6.93. The summed E-state index contributed by atoms with van der Waals surface area (Å²) in [5.41, 5.74) is 0. The Morgan fingerprint density at radius 2 is 2.00 bits per heavy atom. The van der Waals surface area contributed by atoms with Gasteiger partial charge in [0.05, 0.1) is 16.8 Å². The number of hydrogen-bond acceptors (Lipinski definition) is 5. The van der Waals surface area contributed by atoms with Crippen LogP contribution in [0.5, 0.6) is 5.75 Å². The molecule has 0 aliphatic rings. The van der Waals surface area contributed by atoms with Crippen LogP contribution in [0.25, 0.3) is 10.1 Å². The van der Waals surface area contributed by atoms with Crippen LogP contribution >= 0.6 is 34.5 Å². The first-order chi connectivity index (χ1) is 11.9. The second kappa shape index (κ2) is 8.74. The van der Waals surface area contributed by atoms with Gasteiger partial charge in [0, 0.05) is 11.4 Å². The maximum atomic E-state index is 12.3. The number of rotatable bonds is 7. The van der Waals surface area contributed by atoms with E-state index in [2.05, 4.69) is 5.32 Å². The molecular weight excluding hydrogens is 385 g/mol. The van der Waals surface area contributed by atoms with Gasteiger partial charge in [0.2, 0.25) is 0 Å². The molecule has 1 heterocycles. The molecule has 1 aromatic heterocycles. The van der Waals surface area contributed by atoms with Gasteiger partial charge >= 0.3 is 5.97 Å². The number of nitrogens with one attached hydrogen (secondary N) is 1. The molecule has 0 aliphatic heterocycles. The van der Waals surface area contributed by atoms with Gasteiger partial charge in [-0.3, -0.25) is 4.79 Å². The lowest BCUT2D eigenvalue weighted by atomic mass is 10.2. The van der Waals surface area contributed by atoms with Crippen LogP contribution in [0.1, 0.15) is 36.4 Å². The Hall–Kier alpha value is -1.50. The highest BCUT2D eigenvalue weighted by atomic mass is 35.5. The highest BCUT2D eigenvalue weighted by Crippen LogP contribution is 2.43. The van der Waals surface area contributed by atoms with E-state index in [0.717, 1.165) is 24.2 Å². The number of carbonyl (C=O) groups is 2. The molecule has 2 aromatic rings. The first kappa shape index (κ1) is 19.8. The van der Waals surface area contributed by atoms with Gasteiger partial charge in [-0.2, -0.15) is 0 Å². The Morgan fingerprint density at radius 3 is 2.64 bits per heavy atom. The summed E-state index contributed by atoms with van der Waals surface area (Å²) in [6.45, 7) is 3.59. The molecule has 0 saturated heterocycles. The quantitative estimate of drug-likeness (QED) is 0.681. The summed E-state index contributed by atoms with van der Waals surface area (Å²) in [5, 5.41) is 4.06. The van der Waals surface area contributed by atoms with Crippen molar-refractivity contribution in [3.8, 4) is 5.75 Å². The second-order valence-corrected chi connectivity index (χ2v) is 7.31. The lowest BCUT2D eigenvalue weighted by Crippen LogP contribution is -2.35. The molecular formula is C17H19Cl2NO4S. The summed E-state index contributed by atoms with van der Waals surface area (Å²) in [6, 6.07) is 3.45. The molecule has 1 aromatic carbocycles. The number of amides is 1. The predicted molar refractivity (Wildman–Crippen MR) is 101 cm³/mol. The molecule has 0 saturated carbocycles. The highest BCUT2D eigenvalue weighted by molar-refractivity contribution is 7.22. The zero-order valence-electron chi connectivity index (χ0n) is 14.2. The fraction of sp³-hybridized carbons (Fsp3) is 0.412. The maximum absolute atomic E-state index is 12.3. The van der Waals surface area contributed by atoms with Crippen LogP contribution in [0.4, 0.5) is 0 Å². The van der Waals surface area contributed by atoms with Crippen molar-refractivity contribution >= 4 is 56.5 Å². The third-order valence-electron chi connectivity index (χ3n) is 3.57. The standard InChI is InChI=1S/C17H19Cl2NO4S/c1-4-5-9(2)20-12(21)8-24-17(22)16-13(18)10-6-7-11(23-3)14(19)15(10)25-16/h6-7,9H,4-5,8H2,1-3H3,(H,20,21)/t9-/m1/s1. The van der Waals surface area contributed by atoms with Crippen molar-refractivity contribution in [2.75, 3.05) is 13.7 Å². The molecule has 2 rings (SSSR count). The van der Waals surface area contributed by atoms with Gasteiger partial charge in [-0.25, -0.2) is 4.79 Å². The lowest BCUT2D eigenvalue weighted by Gasteiger charge is -2.12. The van der Waals surface area contributed by atoms with E-state index >= 15 is 0 Å². The maximum Gasteiger partial charge on any atom is 0.350 e. The topological polar surface area (TPSA) is 64.6 Å². The fourth-order valence-corrected chi connectivity index (χ4v) is 4.17. The molecule has 0 aliphatic carbocycles. The van der Waals surface area contributed by atoms with Crippen molar-refractivity contribution in [2.24, 2.45) is 0 Å². The van der Waals surface area contributed by atoms with Gasteiger partial charge in [-0.15, -0.1) is 11.3 Å². The molecule has 25 heavy (non-hydrogen) atoms. The first-order valence-electron chi connectivity index (χ1n) is 7.80. The largest absolute Gasteiger partial charge is 0.495 e. The van der Waals surface area contributed by atoms with Crippen LogP contribution in [0.15, 0.2) is 12.1 Å². The Balaban J connectivity index is 2.11. The van der Waals surface area contributed by atoms with E-state index < -0.39 is 5.97 Å². The summed E-state index contributed by atoms with van der Waals surface area (Å²) in [7, 11) is 1.51. The number of hydrogen-bond donors (Lipinski definition) is 1. The number of esters is 1. The van der Waals surface area contributed by atoms with Crippen LogP contribution in [-0.2, 0) is 9.53 Å². The van der Waals surface area contributed by atoms with Crippen molar-refractivity contribution in [3.05, 3.63) is 27.1 Å². The Bertz CT molecular complexity index is 791. The van der Waals surface area contributed by atoms with Gasteiger partial charge in [0.15, 0.2) is 6.61 Å². The number of benzene rings is 1. The van der Waals surface area contributed by atoms with Crippen molar-refractivity contribution in [2.45, 2.75) is 32.7 Å². The number of thiophene rings is 1. The molecule has 1 amide bonds. The number of fused-ring (bicyclic) bond motifs is 1. The molecule has 0 radical (unpaired) electrons. The second-order valence-electron chi connectivity index (χ2n) is 5.54. The Labute approximate surface area is 160 Å². The van der Waals surface area contributed by atoms with E-state index in [-0.39, 0.29) is 28.5 Å². The van der Waals surface area contributed by atoms with E-state index in [9.17, 15) is 9.59 Å². The summed E-state index contributed by atoms with van der Waals surface area (Å²) in [6.07, 6.45) is 1.82. The normalized spacial score (nSPS) is 12.0. The van der Waals surface area contributed by atoms with E-state index in [1.54, 1.807) is 12.1 Å². The molecule has 0 spiro atoms. The molecule has 1 N–H and O–H groups in total. The lowest BCUT2D eigenvalue weighted by molar-refractivity contribution is -0.124. The summed E-state index contributed by atoms with van der Waals surface area (Å²) < 4.78 is 10.9. The van der Waals surface area contributed by atoms with Gasteiger partial charge in [-0.05, 0) is 25.5 Å². The van der Waals surface area contributed by atoms with Crippen molar-refractivity contribution in [3.63, 3.8) is 0 Å². The van der Waals surface area contributed by atoms with Crippen LogP contribution < -0.4 is 10.1 Å². The fourth-order valence-electron chi connectivity index (χ4n) is 2.39. The average molecular weight is 404 g/mol. The first-order valence-corrected chi connectivity index (χ1v) is 9.37. The summed E-state index contributed by atoms with van der Waals surface area (Å²) in [5.74, 6) is -0.498. The van der Waals surface area contributed by atoms with Gasteiger partial charge in [0.1, 0.15) is 15.6 Å².